The van der Waals surface area contributed by atoms with Gasteiger partial charge in [0.25, 0.3) is 0 Å². The van der Waals surface area contributed by atoms with Crippen LogP contribution in [-0.2, 0) is 0 Å². The summed E-state index contributed by atoms with van der Waals surface area (Å²) in [6.07, 6.45) is 1.59. The summed E-state index contributed by atoms with van der Waals surface area (Å²) >= 11 is 10.9. The third-order valence-corrected chi connectivity index (χ3v) is 2.21. The number of aliphatic hydroxyl groups is 1. The lowest BCUT2D eigenvalue weighted by atomic mass is 10.0. The van der Waals surface area contributed by atoms with E-state index in [1.54, 1.807) is 0 Å². The van der Waals surface area contributed by atoms with Crippen LogP contribution in [0, 0.1) is 0 Å². The van der Waals surface area contributed by atoms with Crippen LogP contribution < -0.4 is 0 Å². The van der Waals surface area contributed by atoms with Crippen LogP contribution >= 0.6 is 23.2 Å². The molecule has 0 aliphatic carbocycles. The van der Waals surface area contributed by atoms with E-state index in [4.69, 9.17) is 23.2 Å². The Hall–Kier alpha value is 0.540. The summed E-state index contributed by atoms with van der Waals surface area (Å²) in [6, 6.07) is 0. The molecule has 0 aromatic heterocycles. The van der Waals surface area contributed by atoms with Gasteiger partial charge in [-0.15, -0.1) is 23.2 Å². The lowest BCUT2D eigenvalue weighted by Gasteiger charge is -2.21. The van der Waals surface area contributed by atoms with E-state index in [1.165, 1.54) is 0 Å². The van der Waals surface area contributed by atoms with Crippen LogP contribution in [0.15, 0.2) is 0 Å². The van der Waals surface area contributed by atoms with Gasteiger partial charge >= 0.3 is 0 Å². The van der Waals surface area contributed by atoms with E-state index in [9.17, 15) is 5.11 Å². The lowest BCUT2D eigenvalue weighted by Crippen LogP contribution is -2.32. The van der Waals surface area contributed by atoms with Gasteiger partial charge in [-0.3, -0.25) is 0 Å². The van der Waals surface area contributed by atoms with Gasteiger partial charge in [0.15, 0.2) is 0 Å². The van der Waals surface area contributed by atoms with Crippen LogP contribution in [0.4, 0.5) is 0 Å². The smallest absolute Gasteiger partial charge is 0.0916 e. The maximum absolute atomic E-state index is 9.36. The van der Waals surface area contributed by atoms with Crippen molar-refractivity contribution >= 4 is 23.2 Å². The fourth-order valence-corrected chi connectivity index (χ4v) is 1.19. The van der Waals surface area contributed by atoms with Gasteiger partial charge in [-0.2, -0.15) is 0 Å². The second kappa shape index (κ2) is 4.37. The highest BCUT2D eigenvalue weighted by Gasteiger charge is 2.22. The zero-order chi connectivity index (χ0) is 7.33. The molecule has 0 saturated heterocycles. The molecule has 0 amide bonds. The zero-order valence-electron chi connectivity index (χ0n) is 5.53. The molecule has 0 aliphatic heterocycles. The SMILES string of the molecule is CCCC(O)(CCl)CCl. The maximum atomic E-state index is 9.36. The molecule has 0 unspecified atom stereocenters. The molecule has 0 bridgehead atoms. The monoisotopic (exact) mass is 170 g/mol. The molecular weight excluding hydrogens is 159 g/mol. The van der Waals surface area contributed by atoms with Gasteiger partial charge in [0.05, 0.1) is 17.4 Å². The molecule has 0 saturated carbocycles. The Bertz CT molecular complexity index is 71.5. The molecule has 0 atom stereocenters. The van der Waals surface area contributed by atoms with E-state index in [1.807, 2.05) is 6.92 Å². The highest BCUT2D eigenvalue weighted by atomic mass is 35.5. The fraction of sp³-hybridized carbons (Fsp3) is 1.00. The Balaban J connectivity index is 3.62. The van der Waals surface area contributed by atoms with Gasteiger partial charge in [0, 0.05) is 0 Å². The van der Waals surface area contributed by atoms with E-state index in [0.717, 1.165) is 6.42 Å². The molecule has 0 heterocycles. The Kier molecular flexibility index (Phi) is 4.63. The summed E-state index contributed by atoms with van der Waals surface area (Å²) in [7, 11) is 0. The quantitative estimate of drug-likeness (QED) is 0.641. The summed E-state index contributed by atoms with van der Waals surface area (Å²) in [6.45, 7) is 1.99. The van der Waals surface area contributed by atoms with Crippen molar-refractivity contribution in [3.05, 3.63) is 0 Å². The first-order valence-electron chi connectivity index (χ1n) is 3.03. The van der Waals surface area contributed by atoms with Gasteiger partial charge in [-0.05, 0) is 6.42 Å². The molecule has 0 aliphatic rings. The Labute approximate surface area is 66.0 Å². The maximum Gasteiger partial charge on any atom is 0.0916 e. The van der Waals surface area contributed by atoms with Gasteiger partial charge in [0.2, 0.25) is 0 Å². The van der Waals surface area contributed by atoms with Crippen LogP contribution in [-0.4, -0.2) is 22.5 Å². The third-order valence-electron chi connectivity index (χ3n) is 1.21. The van der Waals surface area contributed by atoms with Crippen molar-refractivity contribution in [2.45, 2.75) is 25.4 Å². The second-order valence-corrected chi connectivity index (χ2v) is 2.78. The van der Waals surface area contributed by atoms with Crippen LogP contribution in [0.5, 0.6) is 0 Å². The van der Waals surface area contributed by atoms with Crippen molar-refractivity contribution in [2.75, 3.05) is 11.8 Å². The highest BCUT2D eigenvalue weighted by molar-refractivity contribution is 6.21. The minimum Gasteiger partial charge on any atom is -0.387 e. The molecule has 0 radical (unpaired) electrons. The Morgan fingerprint density at radius 1 is 1.33 bits per heavy atom. The first-order valence-corrected chi connectivity index (χ1v) is 4.09. The van der Waals surface area contributed by atoms with Gasteiger partial charge < -0.3 is 5.11 Å². The number of rotatable bonds is 4. The first kappa shape index (κ1) is 9.54. The Morgan fingerprint density at radius 2 is 1.78 bits per heavy atom. The standard InChI is InChI=1S/C6H12Cl2O/c1-2-3-6(9,4-7)5-8/h9H,2-5H2,1H3. The van der Waals surface area contributed by atoms with Crippen LogP contribution in [0.3, 0.4) is 0 Å². The average Bonchev–Trinajstić information content (AvgIpc) is 1.89. The molecule has 0 rings (SSSR count). The minimum atomic E-state index is -0.835. The Morgan fingerprint density at radius 3 is 1.89 bits per heavy atom. The molecule has 3 heteroatoms. The van der Waals surface area contributed by atoms with E-state index in [-0.39, 0.29) is 11.8 Å². The van der Waals surface area contributed by atoms with E-state index >= 15 is 0 Å². The van der Waals surface area contributed by atoms with Crippen molar-refractivity contribution in [1.82, 2.24) is 0 Å². The van der Waals surface area contributed by atoms with Crippen LogP contribution in [0.25, 0.3) is 0 Å². The molecule has 0 aromatic rings. The molecule has 0 aromatic carbocycles. The van der Waals surface area contributed by atoms with Gasteiger partial charge in [0.1, 0.15) is 0 Å². The van der Waals surface area contributed by atoms with Crippen molar-refractivity contribution in [3.63, 3.8) is 0 Å². The van der Waals surface area contributed by atoms with Crippen molar-refractivity contribution in [3.8, 4) is 0 Å². The summed E-state index contributed by atoms with van der Waals surface area (Å²) < 4.78 is 0. The summed E-state index contributed by atoms with van der Waals surface area (Å²) in [5, 5.41) is 9.36. The molecule has 0 spiro atoms. The summed E-state index contributed by atoms with van der Waals surface area (Å²) in [5.74, 6) is 0.453. The topological polar surface area (TPSA) is 20.2 Å². The molecule has 1 N–H and O–H groups in total. The summed E-state index contributed by atoms with van der Waals surface area (Å²) in [4.78, 5) is 0. The fourth-order valence-electron chi connectivity index (χ4n) is 0.635. The predicted molar refractivity (Wildman–Crippen MR) is 41.3 cm³/mol. The number of alkyl halides is 2. The van der Waals surface area contributed by atoms with E-state index in [0.29, 0.717) is 6.42 Å². The average molecular weight is 171 g/mol. The molecule has 1 nitrogen and oxygen atoms in total. The molecule has 56 valence electrons. The molecule has 0 fully saturated rings. The normalized spacial score (nSPS) is 12.0. The van der Waals surface area contributed by atoms with E-state index in [2.05, 4.69) is 0 Å². The largest absolute Gasteiger partial charge is 0.387 e. The predicted octanol–water partition coefficient (Wildman–Crippen LogP) is 2.00. The highest BCUT2D eigenvalue weighted by Crippen LogP contribution is 2.15. The van der Waals surface area contributed by atoms with Gasteiger partial charge in [-0.25, -0.2) is 0 Å². The van der Waals surface area contributed by atoms with Crippen molar-refractivity contribution < 1.29 is 5.11 Å². The number of hydrogen-bond acceptors (Lipinski definition) is 1. The first-order chi connectivity index (χ1) is 4.18. The molecule has 9 heavy (non-hydrogen) atoms. The molecular formula is C6H12Cl2O. The lowest BCUT2D eigenvalue weighted by molar-refractivity contribution is 0.0775. The number of hydrogen-bond donors (Lipinski definition) is 1. The van der Waals surface area contributed by atoms with Crippen molar-refractivity contribution in [1.29, 1.82) is 0 Å². The number of halogens is 2. The van der Waals surface area contributed by atoms with Crippen molar-refractivity contribution in [2.24, 2.45) is 0 Å². The zero-order valence-corrected chi connectivity index (χ0v) is 7.04. The second-order valence-electron chi connectivity index (χ2n) is 2.24. The third kappa shape index (κ3) is 3.29. The van der Waals surface area contributed by atoms with Crippen LogP contribution in [0.1, 0.15) is 19.8 Å². The van der Waals surface area contributed by atoms with Gasteiger partial charge in [-0.1, -0.05) is 13.3 Å². The minimum absolute atomic E-state index is 0.227. The van der Waals surface area contributed by atoms with Crippen LogP contribution in [0.2, 0.25) is 0 Å². The van der Waals surface area contributed by atoms with E-state index < -0.39 is 5.60 Å². The summed E-state index contributed by atoms with van der Waals surface area (Å²) in [5.41, 5.74) is -0.835.